The van der Waals surface area contributed by atoms with Gasteiger partial charge in [-0.15, -0.1) is 5.11 Å². The van der Waals surface area contributed by atoms with Crippen molar-refractivity contribution < 1.29 is 5.21 Å². The first-order valence-electron chi connectivity index (χ1n) is 1.57. The van der Waals surface area contributed by atoms with Crippen LogP contribution in [-0.2, 0) is 0 Å². The first-order valence-corrected chi connectivity index (χ1v) is 1.57. The highest BCUT2D eigenvalue weighted by Gasteiger charge is 1.50. The van der Waals surface area contributed by atoms with Gasteiger partial charge in [-0.2, -0.15) is 0 Å². The third-order valence-electron chi connectivity index (χ3n) is 0.267. The molecule has 0 spiro atoms. The van der Waals surface area contributed by atoms with Crippen molar-refractivity contribution in [3.05, 3.63) is 12.3 Å². The molecule has 0 aromatic heterocycles. The van der Waals surface area contributed by atoms with Crippen LogP contribution in [0.5, 0.6) is 0 Å². The van der Waals surface area contributed by atoms with Crippen LogP contribution in [0.2, 0.25) is 0 Å². The largest absolute Gasteiger partial charge is 0.394 e. The van der Waals surface area contributed by atoms with E-state index in [1.54, 1.807) is 13.0 Å². The smallest absolute Gasteiger partial charge is 0.0485 e. The molecule has 0 aromatic rings. The van der Waals surface area contributed by atoms with E-state index < -0.39 is 0 Å². The fraction of sp³-hybridized carbons (Fsp3) is 0.333. The minimum absolute atomic E-state index is 1.39. The maximum atomic E-state index is 7.60. The third kappa shape index (κ3) is 3.14. The predicted octanol–water partition coefficient (Wildman–Crippen LogP) is 1.36. The maximum Gasteiger partial charge on any atom is 0.0485 e. The molecule has 0 unspecified atom stereocenters. The van der Waals surface area contributed by atoms with Crippen LogP contribution < -0.4 is 0 Å². The Morgan fingerprint density at radius 2 is 2.33 bits per heavy atom. The molecule has 34 valence electrons. The minimum Gasteiger partial charge on any atom is -0.394 e. The molecule has 3 nitrogen and oxygen atoms in total. The van der Waals surface area contributed by atoms with E-state index in [9.17, 15) is 0 Å². The Kier molecular flexibility index (Phi) is 3.55. The van der Waals surface area contributed by atoms with Gasteiger partial charge in [0.2, 0.25) is 0 Å². The fourth-order valence-electron chi connectivity index (χ4n) is 0.0965. The Labute approximate surface area is 36.0 Å². The van der Waals surface area contributed by atoms with Crippen LogP contribution in [-0.4, -0.2) is 5.21 Å². The van der Waals surface area contributed by atoms with Gasteiger partial charge in [0.05, 0.1) is 0 Å². The Bertz CT molecular complexity index is 57.2. The lowest BCUT2D eigenvalue weighted by atomic mass is 10.7. The van der Waals surface area contributed by atoms with E-state index >= 15 is 0 Å². The van der Waals surface area contributed by atoms with Gasteiger partial charge in [-0.25, -0.2) is 0 Å². The molecule has 0 bridgehead atoms. The van der Waals surface area contributed by atoms with E-state index in [2.05, 4.69) is 10.4 Å². The molecule has 0 aliphatic carbocycles. The summed E-state index contributed by atoms with van der Waals surface area (Å²) in [6.45, 7) is 1.79. The van der Waals surface area contributed by atoms with Gasteiger partial charge in [-0.1, -0.05) is 6.08 Å². The normalized spacial score (nSPS) is 11.5. The van der Waals surface area contributed by atoms with Gasteiger partial charge < -0.3 is 5.21 Å². The van der Waals surface area contributed by atoms with E-state index in [1.165, 1.54) is 6.20 Å². The van der Waals surface area contributed by atoms with Crippen molar-refractivity contribution in [3.63, 3.8) is 0 Å². The van der Waals surface area contributed by atoms with Crippen molar-refractivity contribution in [2.24, 2.45) is 10.4 Å². The van der Waals surface area contributed by atoms with Crippen LogP contribution in [0.25, 0.3) is 0 Å². The summed E-state index contributed by atoms with van der Waals surface area (Å²) in [6.07, 6.45) is 3.06. The van der Waals surface area contributed by atoms with Gasteiger partial charge in [-0.05, 0) is 6.92 Å². The van der Waals surface area contributed by atoms with Gasteiger partial charge in [0, 0.05) is 11.5 Å². The number of allylic oxidation sites excluding steroid dienone is 1. The third-order valence-corrected chi connectivity index (χ3v) is 0.267. The molecule has 0 rings (SSSR count). The topological polar surface area (TPSA) is 45.0 Å². The zero-order valence-corrected chi connectivity index (χ0v) is 3.50. The second kappa shape index (κ2) is 4.14. The highest BCUT2D eigenvalue weighted by molar-refractivity contribution is 4.70. The van der Waals surface area contributed by atoms with Crippen molar-refractivity contribution >= 4 is 0 Å². The summed E-state index contributed by atoms with van der Waals surface area (Å²) in [5, 5.41) is 13.2. The summed E-state index contributed by atoms with van der Waals surface area (Å²) >= 11 is 0. The number of hydrogen-bond donors (Lipinski definition) is 1. The molecule has 0 aliphatic rings. The molecule has 0 atom stereocenters. The number of hydrogen-bond acceptors (Lipinski definition) is 2. The highest BCUT2D eigenvalue weighted by Crippen LogP contribution is 1.70. The summed E-state index contributed by atoms with van der Waals surface area (Å²) in [7, 11) is 0. The van der Waals surface area contributed by atoms with Crippen molar-refractivity contribution in [2.45, 2.75) is 6.92 Å². The highest BCUT2D eigenvalue weighted by atomic mass is 16.5. The average Bonchev–Trinajstić information content (AvgIpc) is 1.61. The summed E-state index contributed by atoms with van der Waals surface area (Å²) in [4.78, 5) is 0. The van der Waals surface area contributed by atoms with Crippen molar-refractivity contribution in [3.8, 4) is 0 Å². The quantitative estimate of drug-likeness (QED) is 0.380. The second-order valence-electron chi connectivity index (χ2n) is 0.687. The first-order chi connectivity index (χ1) is 2.91. The molecule has 1 N–H and O–H groups in total. The van der Waals surface area contributed by atoms with Gasteiger partial charge in [0.1, 0.15) is 0 Å². The molecule has 0 heterocycles. The van der Waals surface area contributed by atoms with Crippen molar-refractivity contribution in [2.75, 3.05) is 0 Å². The summed E-state index contributed by atoms with van der Waals surface area (Å²) in [6, 6.07) is 0. The van der Waals surface area contributed by atoms with Gasteiger partial charge in [0.25, 0.3) is 0 Å². The molecule has 0 aromatic carbocycles. The Morgan fingerprint density at radius 3 is 2.50 bits per heavy atom. The first kappa shape index (κ1) is 5.14. The summed E-state index contributed by atoms with van der Waals surface area (Å²) in [5.41, 5.74) is 0. The summed E-state index contributed by atoms with van der Waals surface area (Å²) in [5.74, 6) is 0. The molecule has 3 heteroatoms. The monoisotopic (exact) mass is 86.0 g/mol. The Balaban J connectivity index is 3.07. The lowest BCUT2D eigenvalue weighted by Gasteiger charge is -1.62. The molecular formula is C3H6N2O. The lowest BCUT2D eigenvalue weighted by molar-refractivity contribution is 0.288. The van der Waals surface area contributed by atoms with Crippen LogP contribution in [0.1, 0.15) is 6.92 Å². The van der Waals surface area contributed by atoms with E-state index in [0.717, 1.165) is 0 Å². The van der Waals surface area contributed by atoms with Crippen molar-refractivity contribution in [1.82, 2.24) is 0 Å². The molecule has 0 fully saturated rings. The zero-order valence-electron chi connectivity index (χ0n) is 3.50. The predicted molar refractivity (Wildman–Crippen MR) is 21.5 cm³/mol. The van der Waals surface area contributed by atoms with E-state index in [0.29, 0.717) is 0 Å². The maximum absolute atomic E-state index is 7.60. The van der Waals surface area contributed by atoms with Gasteiger partial charge >= 0.3 is 0 Å². The minimum atomic E-state index is 1.39. The number of rotatable bonds is 1. The molecule has 0 aliphatic heterocycles. The molecule has 0 radical (unpaired) electrons. The van der Waals surface area contributed by atoms with E-state index in [1.807, 2.05) is 0 Å². The molecule has 0 saturated carbocycles. The Morgan fingerprint density at radius 1 is 1.67 bits per heavy atom. The van der Waals surface area contributed by atoms with Gasteiger partial charge in [0.15, 0.2) is 0 Å². The van der Waals surface area contributed by atoms with Crippen LogP contribution in [0.4, 0.5) is 0 Å². The van der Waals surface area contributed by atoms with Crippen LogP contribution in [0.15, 0.2) is 22.7 Å². The average molecular weight is 86.1 g/mol. The van der Waals surface area contributed by atoms with Crippen LogP contribution >= 0.6 is 0 Å². The SMILES string of the molecule is C/C=C\N=N/O. The fourth-order valence-corrected chi connectivity index (χ4v) is 0.0965. The van der Waals surface area contributed by atoms with Crippen LogP contribution in [0.3, 0.4) is 0 Å². The Hall–Kier alpha value is -0.860. The van der Waals surface area contributed by atoms with Crippen LogP contribution in [0, 0.1) is 0 Å². The molecule has 6 heavy (non-hydrogen) atoms. The summed E-state index contributed by atoms with van der Waals surface area (Å²) < 4.78 is 0. The zero-order chi connectivity index (χ0) is 4.83. The standard InChI is InChI=1S/C3H6N2O/c1-2-3-4-5-6/h2-3H,1H3,(H,4,6)/b3-2-. The van der Waals surface area contributed by atoms with E-state index in [4.69, 9.17) is 5.21 Å². The van der Waals surface area contributed by atoms with E-state index in [-0.39, 0.29) is 0 Å². The molecule has 0 saturated heterocycles. The molecule has 0 amide bonds. The molecular weight excluding hydrogens is 80.0 g/mol. The lowest BCUT2D eigenvalue weighted by Crippen LogP contribution is -1.43. The second-order valence-corrected chi connectivity index (χ2v) is 0.687. The van der Waals surface area contributed by atoms with Crippen molar-refractivity contribution in [1.29, 1.82) is 0 Å². The van der Waals surface area contributed by atoms with Gasteiger partial charge in [-0.3, -0.25) is 0 Å². The number of nitrogens with zero attached hydrogens (tertiary/aromatic N) is 2.